The second kappa shape index (κ2) is 4.97. The van der Waals surface area contributed by atoms with Gasteiger partial charge in [0.1, 0.15) is 23.0 Å². The number of halogens is 1. The number of aromatic nitrogens is 1. The zero-order valence-electron chi connectivity index (χ0n) is 8.85. The molecule has 0 saturated heterocycles. The molecule has 2 aromatic rings. The number of benzene rings is 1. The average Bonchev–Trinajstić information content (AvgIpc) is 2.29. The van der Waals surface area contributed by atoms with Gasteiger partial charge in [0.2, 0.25) is 0 Å². The van der Waals surface area contributed by atoms with E-state index in [1.54, 1.807) is 12.1 Å². The van der Waals surface area contributed by atoms with Crippen LogP contribution >= 0.6 is 15.9 Å². The van der Waals surface area contributed by atoms with Crippen LogP contribution < -0.4 is 10.5 Å². The summed E-state index contributed by atoms with van der Waals surface area (Å²) in [4.78, 5) is 4.01. The van der Waals surface area contributed by atoms with Gasteiger partial charge in [0, 0.05) is 4.47 Å². The summed E-state index contributed by atoms with van der Waals surface area (Å²) in [5, 5.41) is 7.22. The van der Waals surface area contributed by atoms with Gasteiger partial charge in [-0.05, 0) is 30.3 Å². The van der Waals surface area contributed by atoms with Crippen LogP contribution in [-0.2, 0) is 0 Å². The molecule has 4 nitrogen and oxygen atoms in total. The van der Waals surface area contributed by atoms with Crippen LogP contribution in [0.2, 0.25) is 0 Å². The molecule has 0 saturated carbocycles. The maximum Gasteiger partial charge on any atom is 0.145 e. The average molecular weight is 292 g/mol. The molecule has 17 heavy (non-hydrogen) atoms. The Morgan fingerprint density at radius 3 is 2.65 bits per heavy atom. The third-order valence-electron chi connectivity index (χ3n) is 2.04. The summed E-state index contributed by atoms with van der Waals surface area (Å²) in [6, 6.07) is 10.9. The highest BCUT2D eigenvalue weighted by atomic mass is 79.9. The molecule has 0 aliphatic heterocycles. The van der Waals surface area contributed by atoms with E-state index in [-0.39, 0.29) is 5.84 Å². The molecule has 0 unspecified atom stereocenters. The molecule has 0 atom stereocenters. The topological polar surface area (TPSA) is 72.0 Å². The molecular formula is C12H10BrN3O. The first-order valence-corrected chi connectivity index (χ1v) is 5.68. The van der Waals surface area contributed by atoms with Gasteiger partial charge in [-0.15, -0.1) is 0 Å². The molecule has 5 heteroatoms. The van der Waals surface area contributed by atoms with Gasteiger partial charge in [-0.3, -0.25) is 5.41 Å². The van der Waals surface area contributed by atoms with Gasteiger partial charge in [0.15, 0.2) is 0 Å². The lowest BCUT2D eigenvalue weighted by molar-refractivity contribution is 0.480. The highest BCUT2D eigenvalue weighted by Crippen LogP contribution is 2.23. The summed E-state index contributed by atoms with van der Waals surface area (Å²) < 4.78 is 6.54. The van der Waals surface area contributed by atoms with Crippen molar-refractivity contribution in [2.24, 2.45) is 5.73 Å². The van der Waals surface area contributed by atoms with Crippen LogP contribution in [0.25, 0.3) is 0 Å². The fraction of sp³-hybridized carbons (Fsp3) is 0. The van der Waals surface area contributed by atoms with Crippen molar-refractivity contribution in [2.75, 3.05) is 0 Å². The fourth-order valence-electron chi connectivity index (χ4n) is 1.27. The zero-order chi connectivity index (χ0) is 12.3. The predicted octanol–water partition coefficient (Wildman–Crippen LogP) is 2.92. The summed E-state index contributed by atoms with van der Waals surface area (Å²) in [6.45, 7) is 0. The van der Waals surface area contributed by atoms with Gasteiger partial charge in [-0.25, -0.2) is 4.98 Å². The summed E-state index contributed by atoms with van der Waals surface area (Å²) in [5.41, 5.74) is 5.75. The maximum absolute atomic E-state index is 7.22. The standard InChI is InChI=1S/C12H10BrN3O/c13-8-2-1-3-9(6-8)17-10-4-5-11(12(14)15)16-7-10/h1-7H,(H3,14,15). The molecule has 0 aliphatic rings. The molecule has 1 heterocycles. The van der Waals surface area contributed by atoms with Gasteiger partial charge in [0.05, 0.1) is 6.20 Å². The molecule has 0 fully saturated rings. The van der Waals surface area contributed by atoms with Crippen molar-refractivity contribution in [3.8, 4) is 11.5 Å². The van der Waals surface area contributed by atoms with Crippen LogP contribution in [0.15, 0.2) is 47.1 Å². The van der Waals surface area contributed by atoms with Crippen molar-refractivity contribution in [3.05, 3.63) is 52.8 Å². The van der Waals surface area contributed by atoms with Crippen LogP contribution in [0, 0.1) is 5.41 Å². The maximum atomic E-state index is 7.22. The van der Waals surface area contributed by atoms with Crippen molar-refractivity contribution in [1.82, 2.24) is 4.98 Å². The SMILES string of the molecule is N=C(N)c1ccc(Oc2cccc(Br)c2)cn1. The number of amidine groups is 1. The van der Waals surface area contributed by atoms with E-state index in [0.717, 1.165) is 10.2 Å². The lowest BCUT2D eigenvalue weighted by Crippen LogP contribution is -2.12. The summed E-state index contributed by atoms with van der Waals surface area (Å²) in [6.07, 6.45) is 1.54. The number of nitrogens with zero attached hydrogens (tertiary/aromatic N) is 1. The Morgan fingerprint density at radius 2 is 2.06 bits per heavy atom. The number of hydrogen-bond donors (Lipinski definition) is 2. The third kappa shape index (κ3) is 3.04. The van der Waals surface area contributed by atoms with Crippen molar-refractivity contribution in [3.63, 3.8) is 0 Å². The molecule has 3 N–H and O–H groups in total. The Balaban J connectivity index is 2.16. The van der Waals surface area contributed by atoms with Crippen molar-refractivity contribution < 1.29 is 4.74 Å². The lowest BCUT2D eigenvalue weighted by Gasteiger charge is -2.06. The highest BCUT2D eigenvalue weighted by molar-refractivity contribution is 9.10. The van der Waals surface area contributed by atoms with Crippen LogP contribution in [0.3, 0.4) is 0 Å². The molecule has 0 amide bonds. The minimum absolute atomic E-state index is 0.0565. The van der Waals surface area contributed by atoms with E-state index < -0.39 is 0 Å². The highest BCUT2D eigenvalue weighted by Gasteiger charge is 2.01. The summed E-state index contributed by atoms with van der Waals surface area (Å²) in [7, 11) is 0. The molecule has 0 radical (unpaired) electrons. The molecule has 1 aromatic carbocycles. The van der Waals surface area contributed by atoms with E-state index in [1.807, 2.05) is 24.3 Å². The monoisotopic (exact) mass is 291 g/mol. The molecular weight excluding hydrogens is 282 g/mol. The number of ether oxygens (including phenoxy) is 1. The first-order chi connectivity index (χ1) is 8.15. The minimum atomic E-state index is -0.0565. The second-order valence-corrected chi connectivity index (χ2v) is 4.27. The fourth-order valence-corrected chi connectivity index (χ4v) is 1.64. The quantitative estimate of drug-likeness (QED) is 0.675. The van der Waals surface area contributed by atoms with Crippen molar-refractivity contribution in [2.45, 2.75) is 0 Å². The third-order valence-corrected chi connectivity index (χ3v) is 2.54. The second-order valence-electron chi connectivity index (χ2n) is 3.35. The van der Waals surface area contributed by atoms with E-state index >= 15 is 0 Å². The number of hydrogen-bond acceptors (Lipinski definition) is 3. The number of nitrogen functional groups attached to an aromatic ring is 1. The number of nitrogens with one attached hydrogen (secondary N) is 1. The van der Waals surface area contributed by atoms with Crippen LogP contribution in [-0.4, -0.2) is 10.8 Å². The van der Waals surface area contributed by atoms with E-state index in [2.05, 4.69) is 20.9 Å². The van der Waals surface area contributed by atoms with Gasteiger partial charge in [-0.1, -0.05) is 22.0 Å². The number of nitrogens with two attached hydrogens (primary N) is 1. The lowest BCUT2D eigenvalue weighted by atomic mass is 10.3. The van der Waals surface area contributed by atoms with E-state index in [9.17, 15) is 0 Å². The van der Waals surface area contributed by atoms with E-state index in [1.165, 1.54) is 6.20 Å². The van der Waals surface area contributed by atoms with Crippen LogP contribution in [0.5, 0.6) is 11.5 Å². The van der Waals surface area contributed by atoms with Crippen LogP contribution in [0.4, 0.5) is 0 Å². The van der Waals surface area contributed by atoms with Crippen LogP contribution in [0.1, 0.15) is 5.69 Å². The normalized spacial score (nSPS) is 9.94. The van der Waals surface area contributed by atoms with Gasteiger partial charge >= 0.3 is 0 Å². The van der Waals surface area contributed by atoms with Crippen molar-refractivity contribution in [1.29, 1.82) is 5.41 Å². The number of rotatable bonds is 3. The van der Waals surface area contributed by atoms with E-state index in [4.69, 9.17) is 15.9 Å². The largest absolute Gasteiger partial charge is 0.456 e. The smallest absolute Gasteiger partial charge is 0.145 e. The Bertz CT molecular complexity index is 540. The number of pyridine rings is 1. The Hall–Kier alpha value is -1.88. The van der Waals surface area contributed by atoms with Crippen molar-refractivity contribution >= 4 is 21.8 Å². The van der Waals surface area contributed by atoms with Gasteiger partial charge in [-0.2, -0.15) is 0 Å². The summed E-state index contributed by atoms with van der Waals surface area (Å²) >= 11 is 3.37. The minimum Gasteiger partial charge on any atom is -0.456 e. The molecule has 2 rings (SSSR count). The molecule has 0 spiro atoms. The van der Waals surface area contributed by atoms with Gasteiger partial charge < -0.3 is 10.5 Å². The van der Waals surface area contributed by atoms with E-state index in [0.29, 0.717) is 11.4 Å². The first-order valence-electron chi connectivity index (χ1n) is 4.89. The summed E-state index contributed by atoms with van der Waals surface area (Å²) in [5.74, 6) is 1.27. The molecule has 1 aromatic heterocycles. The Labute approximate surface area is 107 Å². The molecule has 86 valence electrons. The Morgan fingerprint density at radius 1 is 1.24 bits per heavy atom. The first kappa shape index (κ1) is 11.6. The zero-order valence-corrected chi connectivity index (χ0v) is 10.4. The Kier molecular flexibility index (Phi) is 3.39. The molecule has 0 aliphatic carbocycles. The predicted molar refractivity (Wildman–Crippen MR) is 69.5 cm³/mol. The molecule has 0 bridgehead atoms. The van der Waals surface area contributed by atoms with Gasteiger partial charge in [0.25, 0.3) is 0 Å².